The third-order valence-electron chi connectivity index (χ3n) is 3.92. The van der Waals surface area contributed by atoms with E-state index in [2.05, 4.69) is 4.98 Å². The van der Waals surface area contributed by atoms with Crippen LogP contribution in [0.1, 0.15) is 39.7 Å². The van der Waals surface area contributed by atoms with Crippen molar-refractivity contribution in [1.82, 2.24) is 13.9 Å². The summed E-state index contributed by atoms with van der Waals surface area (Å²) >= 11 is 0. The van der Waals surface area contributed by atoms with E-state index < -0.39 is 21.9 Å². The van der Waals surface area contributed by atoms with Crippen molar-refractivity contribution in [2.24, 2.45) is 5.92 Å². The van der Waals surface area contributed by atoms with Gasteiger partial charge in [-0.15, -0.1) is 0 Å². The fourth-order valence-corrected chi connectivity index (χ4v) is 4.10. The van der Waals surface area contributed by atoms with Gasteiger partial charge >= 0.3 is 5.97 Å². The van der Waals surface area contributed by atoms with Crippen LogP contribution in [0.4, 0.5) is 0 Å². The van der Waals surface area contributed by atoms with Crippen molar-refractivity contribution < 1.29 is 18.3 Å². The Morgan fingerprint density at radius 3 is 2.62 bits per heavy atom. The molecule has 1 aliphatic heterocycles. The van der Waals surface area contributed by atoms with Gasteiger partial charge < -0.3 is 9.67 Å². The number of carboxylic acids is 1. The van der Waals surface area contributed by atoms with Crippen molar-refractivity contribution in [3.05, 3.63) is 12.5 Å². The zero-order valence-electron chi connectivity index (χ0n) is 12.4. The van der Waals surface area contributed by atoms with Crippen molar-refractivity contribution in [2.75, 3.05) is 6.54 Å². The van der Waals surface area contributed by atoms with Crippen molar-refractivity contribution in [3.8, 4) is 0 Å². The number of carboxylic acid groups (broad SMARTS) is 1. The van der Waals surface area contributed by atoms with Gasteiger partial charge in [0.1, 0.15) is 0 Å². The Morgan fingerprint density at radius 2 is 2.10 bits per heavy atom. The van der Waals surface area contributed by atoms with Gasteiger partial charge in [0, 0.05) is 24.8 Å². The molecule has 1 fully saturated rings. The number of imidazole rings is 1. The predicted octanol–water partition coefficient (Wildman–Crippen LogP) is 1.34. The lowest BCUT2D eigenvalue weighted by Gasteiger charge is -2.34. The molecular weight excluding hydrogens is 294 g/mol. The quantitative estimate of drug-likeness (QED) is 0.905. The zero-order chi connectivity index (χ0) is 15.8. The average molecular weight is 315 g/mol. The fraction of sp³-hybridized carbons (Fsp3) is 0.692. The van der Waals surface area contributed by atoms with Gasteiger partial charge in [-0.3, -0.25) is 4.79 Å². The lowest BCUT2D eigenvalue weighted by atomic mass is 9.96. The Labute approximate surface area is 124 Å². The van der Waals surface area contributed by atoms with Crippen LogP contribution >= 0.6 is 0 Å². The molecule has 7 nitrogen and oxygen atoms in total. The lowest BCUT2D eigenvalue weighted by Crippen LogP contribution is -2.47. The number of rotatable bonds is 4. The van der Waals surface area contributed by atoms with Crippen LogP contribution in [0, 0.1) is 5.92 Å². The zero-order valence-corrected chi connectivity index (χ0v) is 13.2. The molecule has 1 aromatic rings. The molecule has 0 amide bonds. The number of piperidine rings is 1. The number of hydrogen-bond acceptors (Lipinski definition) is 4. The van der Waals surface area contributed by atoms with Gasteiger partial charge in [-0.1, -0.05) is 0 Å². The summed E-state index contributed by atoms with van der Waals surface area (Å²) in [7, 11) is -3.75. The lowest BCUT2D eigenvalue weighted by molar-refractivity contribution is -0.143. The van der Waals surface area contributed by atoms with E-state index in [4.69, 9.17) is 5.11 Å². The summed E-state index contributed by atoms with van der Waals surface area (Å²) in [4.78, 5) is 15.1. The Morgan fingerprint density at radius 1 is 1.43 bits per heavy atom. The molecule has 1 saturated heterocycles. The highest BCUT2D eigenvalue weighted by atomic mass is 32.2. The molecule has 0 radical (unpaired) electrons. The first-order valence-electron chi connectivity index (χ1n) is 7.01. The Balaban J connectivity index is 2.30. The summed E-state index contributed by atoms with van der Waals surface area (Å²) in [6.07, 6.45) is 4.03. The predicted molar refractivity (Wildman–Crippen MR) is 76.3 cm³/mol. The van der Waals surface area contributed by atoms with Gasteiger partial charge in [0.25, 0.3) is 10.0 Å². The van der Waals surface area contributed by atoms with E-state index in [1.807, 2.05) is 13.8 Å². The minimum atomic E-state index is -3.75. The second-order valence-electron chi connectivity index (χ2n) is 5.79. The number of nitrogens with zero attached hydrogens (tertiary/aromatic N) is 3. The molecule has 1 aliphatic rings. The maximum Gasteiger partial charge on any atom is 0.307 e. The molecule has 8 heteroatoms. The van der Waals surface area contributed by atoms with Crippen molar-refractivity contribution in [2.45, 2.75) is 50.7 Å². The van der Waals surface area contributed by atoms with Crippen molar-refractivity contribution >= 4 is 16.0 Å². The number of aliphatic carboxylic acids is 1. The van der Waals surface area contributed by atoms with E-state index in [9.17, 15) is 13.2 Å². The summed E-state index contributed by atoms with van der Waals surface area (Å²) < 4.78 is 28.3. The van der Waals surface area contributed by atoms with Crippen LogP contribution in [0.25, 0.3) is 0 Å². The van der Waals surface area contributed by atoms with Crippen molar-refractivity contribution in [3.63, 3.8) is 0 Å². The van der Waals surface area contributed by atoms with Gasteiger partial charge in [-0.2, -0.15) is 4.31 Å². The minimum absolute atomic E-state index is 0.00731. The third kappa shape index (κ3) is 3.11. The van der Waals surface area contributed by atoms with E-state index in [1.165, 1.54) is 16.8 Å². The highest BCUT2D eigenvalue weighted by molar-refractivity contribution is 7.89. The van der Waals surface area contributed by atoms with Gasteiger partial charge in [0.15, 0.2) is 5.03 Å². The number of carbonyl (C=O) groups is 1. The smallest absolute Gasteiger partial charge is 0.307 e. The van der Waals surface area contributed by atoms with Crippen LogP contribution in [0.3, 0.4) is 0 Å². The summed E-state index contributed by atoms with van der Waals surface area (Å²) in [5.74, 6) is -1.60. The first-order valence-corrected chi connectivity index (χ1v) is 8.45. The largest absolute Gasteiger partial charge is 0.481 e. The minimum Gasteiger partial charge on any atom is -0.481 e. The second kappa shape index (κ2) is 5.76. The molecule has 2 atom stereocenters. The molecule has 0 bridgehead atoms. The summed E-state index contributed by atoms with van der Waals surface area (Å²) in [5, 5.41) is 9.09. The molecule has 1 N–H and O–H groups in total. The van der Waals surface area contributed by atoms with Crippen LogP contribution < -0.4 is 0 Å². The van der Waals surface area contributed by atoms with Crippen LogP contribution in [0.15, 0.2) is 17.6 Å². The standard InChI is InChI=1S/C13H21N3O4S/c1-9(2)15-7-12(14-8-15)21(19,20)16-6-11(13(17)18)5-4-10(16)3/h7-11H,4-6H2,1-3H3,(H,17,18). The average Bonchev–Trinajstić information content (AvgIpc) is 2.89. The number of aromatic nitrogens is 2. The second-order valence-corrected chi connectivity index (χ2v) is 7.63. The van der Waals surface area contributed by atoms with Gasteiger partial charge in [-0.05, 0) is 33.6 Å². The molecule has 118 valence electrons. The van der Waals surface area contributed by atoms with Crippen LogP contribution in [0.2, 0.25) is 0 Å². The molecule has 0 aromatic carbocycles. The maximum absolute atomic E-state index is 12.7. The normalized spacial score (nSPS) is 24.4. The molecule has 2 rings (SSSR count). The molecular formula is C13H21N3O4S. The van der Waals surface area contributed by atoms with Crippen LogP contribution in [-0.4, -0.2) is 45.9 Å². The Kier molecular flexibility index (Phi) is 4.38. The van der Waals surface area contributed by atoms with E-state index in [-0.39, 0.29) is 23.7 Å². The van der Waals surface area contributed by atoms with Crippen molar-refractivity contribution in [1.29, 1.82) is 0 Å². The fourth-order valence-electron chi connectivity index (χ4n) is 2.46. The van der Waals surface area contributed by atoms with Gasteiger partial charge in [0.05, 0.1) is 12.2 Å². The molecule has 0 spiro atoms. The third-order valence-corrected chi connectivity index (χ3v) is 5.79. The Hall–Kier alpha value is -1.41. The summed E-state index contributed by atoms with van der Waals surface area (Å²) in [6.45, 7) is 5.67. The van der Waals surface area contributed by atoms with E-state index in [0.29, 0.717) is 12.8 Å². The highest BCUT2D eigenvalue weighted by Gasteiger charge is 2.38. The molecule has 21 heavy (non-hydrogen) atoms. The van der Waals surface area contributed by atoms with E-state index >= 15 is 0 Å². The number of hydrogen-bond donors (Lipinski definition) is 1. The van der Waals surface area contributed by atoms with Gasteiger partial charge in [-0.25, -0.2) is 13.4 Å². The van der Waals surface area contributed by atoms with Crippen LogP contribution in [0.5, 0.6) is 0 Å². The molecule has 1 aromatic heterocycles. The topological polar surface area (TPSA) is 92.5 Å². The summed E-state index contributed by atoms with van der Waals surface area (Å²) in [6, 6.07) is -0.0956. The highest BCUT2D eigenvalue weighted by Crippen LogP contribution is 2.27. The van der Waals surface area contributed by atoms with E-state index in [1.54, 1.807) is 11.5 Å². The Bertz CT molecular complexity index is 623. The molecule has 0 saturated carbocycles. The number of sulfonamides is 1. The van der Waals surface area contributed by atoms with Gasteiger partial charge in [0.2, 0.25) is 0 Å². The monoisotopic (exact) mass is 315 g/mol. The molecule has 2 unspecified atom stereocenters. The SMILES string of the molecule is CC1CCC(C(=O)O)CN1S(=O)(=O)c1cn(C(C)C)cn1. The first kappa shape index (κ1) is 16.0. The van der Waals surface area contributed by atoms with Crippen LogP contribution in [-0.2, 0) is 14.8 Å². The molecule has 0 aliphatic carbocycles. The maximum atomic E-state index is 12.7. The first-order chi connectivity index (χ1) is 9.73. The summed E-state index contributed by atoms with van der Waals surface area (Å²) in [5.41, 5.74) is 0. The van der Waals surface area contributed by atoms with E-state index in [0.717, 1.165) is 0 Å². The molecule has 2 heterocycles.